The van der Waals surface area contributed by atoms with E-state index in [2.05, 4.69) is 19.6 Å². The van der Waals surface area contributed by atoms with Crippen LogP contribution in [-0.4, -0.2) is 46.6 Å². The second-order valence-electron chi connectivity index (χ2n) is 12.3. The van der Waals surface area contributed by atoms with E-state index in [0.29, 0.717) is 32.3 Å². The fraction of sp³-hybridized carbons (Fsp3) is 0.455. The third-order valence-electron chi connectivity index (χ3n) is 7.79. The van der Waals surface area contributed by atoms with Gasteiger partial charge >= 0.3 is 11.9 Å². The SMILES string of the molecule is COC(=O)c1cc(O[C@H]2CC[C@@](C)(C(=O)OCc3cccc4ccccc34)CC2)c(F)cc1OCOCC[Si](C)(C)C. The average molecular weight is 597 g/mol. The first-order valence-corrected chi connectivity index (χ1v) is 18.1. The number of ether oxygens (including phenoxy) is 5. The lowest BCUT2D eigenvalue weighted by Crippen LogP contribution is -2.37. The molecule has 0 bridgehead atoms. The second kappa shape index (κ2) is 13.7. The average Bonchev–Trinajstić information content (AvgIpc) is 2.97. The molecule has 9 heteroatoms. The Bertz CT molecular complexity index is 1390. The van der Waals surface area contributed by atoms with Crippen molar-refractivity contribution in [3.05, 3.63) is 71.5 Å². The van der Waals surface area contributed by atoms with Crippen LogP contribution >= 0.6 is 0 Å². The van der Waals surface area contributed by atoms with Crippen molar-refractivity contribution >= 4 is 30.8 Å². The maximum atomic E-state index is 15.1. The van der Waals surface area contributed by atoms with Crippen molar-refractivity contribution in [1.82, 2.24) is 0 Å². The molecule has 4 rings (SSSR count). The summed E-state index contributed by atoms with van der Waals surface area (Å²) in [4.78, 5) is 25.6. The minimum Gasteiger partial charge on any atom is -0.487 e. The summed E-state index contributed by atoms with van der Waals surface area (Å²) < 4.78 is 42.8. The zero-order valence-electron chi connectivity index (χ0n) is 25.2. The second-order valence-corrected chi connectivity index (χ2v) is 18.0. The molecular weight excluding hydrogens is 555 g/mol. The molecule has 0 atom stereocenters. The molecule has 1 fully saturated rings. The van der Waals surface area contributed by atoms with Crippen molar-refractivity contribution in [1.29, 1.82) is 0 Å². The fourth-order valence-electron chi connectivity index (χ4n) is 5.02. The minimum atomic E-state index is -1.26. The van der Waals surface area contributed by atoms with Crippen LogP contribution in [0.2, 0.25) is 25.7 Å². The summed E-state index contributed by atoms with van der Waals surface area (Å²) in [5, 5.41) is 2.16. The van der Waals surface area contributed by atoms with Gasteiger partial charge in [0.25, 0.3) is 0 Å². The Kier molecular flexibility index (Phi) is 10.3. The van der Waals surface area contributed by atoms with Crippen LogP contribution in [0.25, 0.3) is 10.8 Å². The highest BCUT2D eigenvalue weighted by atomic mass is 28.3. The van der Waals surface area contributed by atoms with Crippen molar-refractivity contribution in [2.45, 2.75) is 71.0 Å². The standard InChI is InChI=1S/C33H41FO7Si/c1-33(32(36)39-21-24-11-8-10-23-9-6-7-12-26(23)24)15-13-25(14-16-33)41-30-19-27(31(35)37-2)29(20-28(30)34)40-22-38-17-18-42(3,4)5/h6-12,19-20,25H,13-18,21-22H2,1-5H3/t25-,33+. The molecule has 42 heavy (non-hydrogen) atoms. The highest BCUT2D eigenvalue weighted by Crippen LogP contribution is 2.40. The van der Waals surface area contributed by atoms with Gasteiger partial charge in [0, 0.05) is 26.8 Å². The maximum Gasteiger partial charge on any atom is 0.341 e. The van der Waals surface area contributed by atoms with Crippen LogP contribution in [0.4, 0.5) is 4.39 Å². The topological polar surface area (TPSA) is 80.3 Å². The Morgan fingerprint density at radius 3 is 2.43 bits per heavy atom. The zero-order chi connectivity index (χ0) is 30.3. The van der Waals surface area contributed by atoms with E-state index in [1.165, 1.54) is 13.2 Å². The molecule has 0 unspecified atom stereocenters. The van der Waals surface area contributed by atoms with E-state index in [-0.39, 0.29) is 42.5 Å². The van der Waals surface area contributed by atoms with E-state index < -0.39 is 25.3 Å². The first-order chi connectivity index (χ1) is 20.0. The molecule has 0 heterocycles. The molecule has 1 saturated carbocycles. The van der Waals surface area contributed by atoms with Gasteiger partial charge in [0.1, 0.15) is 17.9 Å². The number of carbonyl (C=O) groups is 2. The summed E-state index contributed by atoms with van der Waals surface area (Å²) in [5.74, 6) is -1.59. The smallest absolute Gasteiger partial charge is 0.341 e. The van der Waals surface area contributed by atoms with E-state index in [1.54, 1.807) is 0 Å². The monoisotopic (exact) mass is 596 g/mol. The number of hydrogen-bond donors (Lipinski definition) is 0. The normalized spacial score (nSPS) is 18.9. The summed E-state index contributed by atoms with van der Waals surface area (Å²) in [6.07, 6.45) is 1.83. The summed E-state index contributed by atoms with van der Waals surface area (Å²) in [6.45, 7) is 9.26. The van der Waals surface area contributed by atoms with Gasteiger partial charge in [-0.05, 0) is 55.0 Å². The third-order valence-corrected chi connectivity index (χ3v) is 9.50. The van der Waals surface area contributed by atoms with Crippen LogP contribution in [0.5, 0.6) is 11.5 Å². The van der Waals surface area contributed by atoms with Crippen molar-refractivity contribution in [3.8, 4) is 11.5 Å². The number of methoxy groups -OCH3 is 1. The fourth-order valence-corrected chi connectivity index (χ4v) is 5.78. The molecule has 0 spiro atoms. The summed E-state index contributed by atoms with van der Waals surface area (Å²) >= 11 is 0. The number of fused-ring (bicyclic) bond motifs is 1. The molecule has 1 aliphatic rings. The minimum absolute atomic E-state index is 0.0323. The first kappa shape index (κ1) is 31.5. The van der Waals surface area contributed by atoms with Crippen molar-refractivity contribution in [3.63, 3.8) is 0 Å². The largest absolute Gasteiger partial charge is 0.487 e. The molecule has 0 aliphatic heterocycles. The quantitative estimate of drug-likeness (QED) is 0.0925. The first-order valence-electron chi connectivity index (χ1n) is 14.4. The van der Waals surface area contributed by atoms with Crippen LogP contribution in [0.3, 0.4) is 0 Å². The van der Waals surface area contributed by atoms with Crippen LogP contribution in [0.1, 0.15) is 48.5 Å². The lowest BCUT2D eigenvalue weighted by Gasteiger charge is -2.35. The van der Waals surface area contributed by atoms with Crippen LogP contribution in [0, 0.1) is 11.2 Å². The van der Waals surface area contributed by atoms with E-state index in [4.69, 9.17) is 23.7 Å². The number of hydrogen-bond acceptors (Lipinski definition) is 7. The predicted octanol–water partition coefficient (Wildman–Crippen LogP) is 7.53. The van der Waals surface area contributed by atoms with Gasteiger partial charge in [-0.25, -0.2) is 9.18 Å². The number of rotatable bonds is 12. The maximum absolute atomic E-state index is 15.1. The Morgan fingerprint density at radius 2 is 1.71 bits per heavy atom. The Morgan fingerprint density at radius 1 is 1.00 bits per heavy atom. The Hall–Kier alpha value is -3.43. The predicted molar refractivity (Wildman–Crippen MR) is 162 cm³/mol. The van der Waals surface area contributed by atoms with Crippen LogP contribution in [-0.2, 0) is 25.6 Å². The third kappa shape index (κ3) is 8.10. The van der Waals surface area contributed by atoms with Crippen molar-refractivity contribution in [2.75, 3.05) is 20.5 Å². The van der Waals surface area contributed by atoms with Gasteiger partial charge in [-0.3, -0.25) is 4.79 Å². The van der Waals surface area contributed by atoms with Gasteiger partial charge < -0.3 is 23.7 Å². The van der Waals surface area contributed by atoms with Gasteiger partial charge in [0.15, 0.2) is 18.4 Å². The molecule has 7 nitrogen and oxygen atoms in total. The number of halogens is 1. The van der Waals surface area contributed by atoms with Gasteiger partial charge in [0.2, 0.25) is 0 Å². The lowest BCUT2D eigenvalue weighted by molar-refractivity contribution is -0.159. The van der Waals surface area contributed by atoms with E-state index in [1.807, 2.05) is 49.4 Å². The number of carbonyl (C=O) groups excluding carboxylic acids is 2. The molecule has 0 saturated heterocycles. The zero-order valence-corrected chi connectivity index (χ0v) is 26.2. The molecule has 226 valence electrons. The number of esters is 2. The van der Waals surface area contributed by atoms with Gasteiger partial charge in [0.05, 0.1) is 18.6 Å². The molecule has 0 N–H and O–H groups in total. The van der Waals surface area contributed by atoms with Crippen LogP contribution < -0.4 is 9.47 Å². The molecule has 3 aromatic carbocycles. The van der Waals surface area contributed by atoms with Gasteiger partial charge in [-0.2, -0.15) is 0 Å². The molecule has 0 radical (unpaired) electrons. The molecular formula is C33H41FO7Si. The Balaban J connectivity index is 1.34. The summed E-state index contributed by atoms with van der Waals surface area (Å²) in [7, 11) is -0.00741. The molecule has 3 aromatic rings. The van der Waals surface area contributed by atoms with E-state index in [9.17, 15) is 9.59 Å². The lowest BCUT2D eigenvalue weighted by atomic mass is 9.74. The van der Waals surface area contributed by atoms with E-state index >= 15 is 4.39 Å². The summed E-state index contributed by atoms with van der Waals surface area (Å²) in [6, 6.07) is 17.4. The van der Waals surface area contributed by atoms with Gasteiger partial charge in [-0.15, -0.1) is 0 Å². The molecule has 1 aliphatic carbocycles. The van der Waals surface area contributed by atoms with Gasteiger partial charge in [-0.1, -0.05) is 62.1 Å². The molecule has 0 aromatic heterocycles. The van der Waals surface area contributed by atoms with Crippen LogP contribution in [0.15, 0.2) is 54.6 Å². The van der Waals surface area contributed by atoms with Crippen molar-refractivity contribution in [2.24, 2.45) is 5.41 Å². The Labute approximate surface area is 248 Å². The van der Waals surface area contributed by atoms with E-state index in [0.717, 1.165) is 28.4 Å². The van der Waals surface area contributed by atoms with Crippen molar-refractivity contribution < 1.29 is 37.7 Å². The highest BCUT2D eigenvalue weighted by molar-refractivity contribution is 6.76. The number of benzene rings is 3. The summed E-state index contributed by atoms with van der Waals surface area (Å²) in [5.41, 5.74) is 0.359. The highest BCUT2D eigenvalue weighted by Gasteiger charge is 2.40. The molecule has 0 amide bonds.